The molecular formula is C16H13N3. The number of hydrogen-bond acceptors (Lipinski definition) is 2. The molecule has 0 spiro atoms. The minimum atomic E-state index is -0.0360. The lowest BCUT2D eigenvalue weighted by molar-refractivity contribution is 0.550. The topological polar surface area (TPSA) is 41.6 Å². The van der Waals surface area contributed by atoms with E-state index < -0.39 is 0 Å². The number of rotatable bonds is 3. The summed E-state index contributed by atoms with van der Waals surface area (Å²) in [5.74, 6) is 0. The average molecular weight is 247 g/mol. The lowest BCUT2D eigenvalue weighted by atomic mass is 10.0. The van der Waals surface area contributed by atoms with Gasteiger partial charge in [-0.3, -0.25) is 4.68 Å². The second-order valence-corrected chi connectivity index (χ2v) is 4.44. The van der Waals surface area contributed by atoms with Gasteiger partial charge in [0.1, 0.15) is 0 Å². The third kappa shape index (κ3) is 2.09. The SMILES string of the molecule is N#CCC(c1ccccc1)n1ncc2ccccc21. The van der Waals surface area contributed by atoms with Gasteiger partial charge in [0.25, 0.3) is 0 Å². The maximum absolute atomic E-state index is 9.08. The van der Waals surface area contributed by atoms with Crippen molar-refractivity contribution in [3.8, 4) is 6.07 Å². The Balaban J connectivity index is 2.13. The van der Waals surface area contributed by atoms with E-state index in [1.807, 2.05) is 65.5 Å². The van der Waals surface area contributed by atoms with E-state index in [2.05, 4.69) is 11.2 Å². The summed E-state index contributed by atoms with van der Waals surface area (Å²) in [6.45, 7) is 0. The highest BCUT2D eigenvalue weighted by Crippen LogP contribution is 2.25. The number of benzene rings is 2. The normalized spacial score (nSPS) is 12.2. The van der Waals surface area contributed by atoms with E-state index in [0.717, 1.165) is 16.5 Å². The molecule has 1 aromatic heterocycles. The maximum atomic E-state index is 9.08. The lowest BCUT2D eigenvalue weighted by Gasteiger charge is -2.16. The summed E-state index contributed by atoms with van der Waals surface area (Å²) < 4.78 is 1.94. The third-order valence-electron chi connectivity index (χ3n) is 3.27. The first-order valence-corrected chi connectivity index (χ1v) is 6.24. The third-order valence-corrected chi connectivity index (χ3v) is 3.27. The molecule has 0 saturated carbocycles. The zero-order valence-corrected chi connectivity index (χ0v) is 10.4. The van der Waals surface area contributed by atoms with Gasteiger partial charge >= 0.3 is 0 Å². The minimum Gasteiger partial charge on any atom is -0.256 e. The highest BCUT2D eigenvalue weighted by molar-refractivity contribution is 5.78. The Hall–Kier alpha value is -2.60. The van der Waals surface area contributed by atoms with Crippen LogP contribution in [0.3, 0.4) is 0 Å². The van der Waals surface area contributed by atoms with Crippen molar-refractivity contribution in [1.82, 2.24) is 9.78 Å². The Morgan fingerprint density at radius 1 is 1.05 bits per heavy atom. The molecule has 0 aliphatic rings. The van der Waals surface area contributed by atoms with E-state index in [4.69, 9.17) is 5.26 Å². The first-order valence-electron chi connectivity index (χ1n) is 6.24. The Morgan fingerprint density at radius 2 is 1.79 bits per heavy atom. The van der Waals surface area contributed by atoms with Gasteiger partial charge in [-0.25, -0.2) is 0 Å². The van der Waals surface area contributed by atoms with Gasteiger partial charge < -0.3 is 0 Å². The fraction of sp³-hybridized carbons (Fsp3) is 0.125. The summed E-state index contributed by atoms with van der Waals surface area (Å²) in [5.41, 5.74) is 2.17. The molecule has 0 bridgehead atoms. The van der Waals surface area contributed by atoms with E-state index in [-0.39, 0.29) is 6.04 Å². The monoisotopic (exact) mass is 247 g/mol. The summed E-state index contributed by atoms with van der Waals surface area (Å²) in [6.07, 6.45) is 2.26. The smallest absolute Gasteiger partial charge is 0.0905 e. The number of nitrogens with zero attached hydrogens (tertiary/aromatic N) is 3. The summed E-state index contributed by atoms with van der Waals surface area (Å²) in [6, 6.07) is 20.3. The van der Waals surface area contributed by atoms with Crippen molar-refractivity contribution in [3.63, 3.8) is 0 Å². The van der Waals surface area contributed by atoms with Crippen LogP contribution in [0.1, 0.15) is 18.0 Å². The molecule has 92 valence electrons. The van der Waals surface area contributed by atoms with Crippen molar-refractivity contribution in [1.29, 1.82) is 5.26 Å². The molecule has 0 N–H and O–H groups in total. The Kier molecular flexibility index (Phi) is 2.99. The van der Waals surface area contributed by atoms with Gasteiger partial charge in [-0.1, -0.05) is 48.5 Å². The van der Waals surface area contributed by atoms with E-state index >= 15 is 0 Å². The largest absolute Gasteiger partial charge is 0.256 e. The van der Waals surface area contributed by atoms with Gasteiger partial charge in [-0.2, -0.15) is 10.4 Å². The van der Waals surface area contributed by atoms with Crippen molar-refractivity contribution < 1.29 is 0 Å². The van der Waals surface area contributed by atoms with Gasteiger partial charge in [-0.05, 0) is 11.6 Å². The van der Waals surface area contributed by atoms with Crippen LogP contribution < -0.4 is 0 Å². The summed E-state index contributed by atoms with van der Waals surface area (Å²) in [7, 11) is 0. The molecular weight excluding hydrogens is 234 g/mol. The zero-order chi connectivity index (χ0) is 13.1. The molecule has 0 aliphatic heterocycles. The fourth-order valence-corrected chi connectivity index (χ4v) is 2.35. The van der Waals surface area contributed by atoms with Crippen LogP contribution in [0.4, 0.5) is 0 Å². The number of aromatic nitrogens is 2. The van der Waals surface area contributed by atoms with Gasteiger partial charge in [0.05, 0.1) is 30.2 Å². The van der Waals surface area contributed by atoms with Crippen molar-refractivity contribution in [2.75, 3.05) is 0 Å². The molecule has 3 nitrogen and oxygen atoms in total. The average Bonchev–Trinajstić information content (AvgIpc) is 2.89. The second-order valence-electron chi connectivity index (χ2n) is 4.44. The van der Waals surface area contributed by atoms with Crippen LogP contribution in [-0.4, -0.2) is 9.78 Å². The molecule has 0 fully saturated rings. The molecule has 3 rings (SSSR count). The van der Waals surface area contributed by atoms with Crippen LogP contribution in [0.15, 0.2) is 60.8 Å². The molecule has 19 heavy (non-hydrogen) atoms. The van der Waals surface area contributed by atoms with Crippen LogP contribution in [-0.2, 0) is 0 Å². The van der Waals surface area contributed by atoms with Crippen molar-refractivity contribution in [3.05, 3.63) is 66.4 Å². The molecule has 0 radical (unpaired) electrons. The summed E-state index contributed by atoms with van der Waals surface area (Å²) in [4.78, 5) is 0. The summed E-state index contributed by atoms with van der Waals surface area (Å²) in [5, 5.41) is 14.6. The standard InChI is InChI=1S/C16H13N3/c17-11-10-16(13-6-2-1-3-7-13)19-15-9-5-4-8-14(15)12-18-19/h1-9,12,16H,10H2. The maximum Gasteiger partial charge on any atom is 0.0905 e. The van der Waals surface area contributed by atoms with E-state index in [0.29, 0.717) is 6.42 Å². The van der Waals surface area contributed by atoms with Gasteiger partial charge in [-0.15, -0.1) is 0 Å². The minimum absolute atomic E-state index is 0.0360. The Labute approximate surface area is 111 Å². The second kappa shape index (κ2) is 4.95. The molecule has 0 aliphatic carbocycles. The number of para-hydroxylation sites is 1. The molecule has 1 heterocycles. The zero-order valence-electron chi connectivity index (χ0n) is 10.4. The van der Waals surface area contributed by atoms with Crippen molar-refractivity contribution in [2.24, 2.45) is 0 Å². The predicted molar refractivity (Wildman–Crippen MR) is 74.5 cm³/mol. The molecule has 3 aromatic rings. The first kappa shape index (κ1) is 11.5. The van der Waals surface area contributed by atoms with Crippen LogP contribution in [0, 0.1) is 11.3 Å². The van der Waals surface area contributed by atoms with Crippen LogP contribution in [0.5, 0.6) is 0 Å². The quantitative estimate of drug-likeness (QED) is 0.710. The number of nitriles is 1. The highest BCUT2D eigenvalue weighted by Gasteiger charge is 2.16. The molecule has 0 saturated heterocycles. The Morgan fingerprint density at radius 3 is 2.58 bits per heavy atom. The van der Waals surface area contributed by atoms with E-state index in [1.165, 1.54) is 0 Å². The first-order chi connectivity index (χ1) is 9.40. The van der Waals surface area contributed by atoms with E-state index in [9.17, 15) is 0 Å². The lowest BCUT2D eigenvalue weighted by Crippen LogP contribution is -2.11. The fourth-order valence-electron chi connectivity index (χ4n) is 2.35. The molecule has 2 aromatic carbocycles. The number of hydrogen-bond donors (Lipinski definition) is 0. The van der Waals surface area contributed by atoms with Crippen molar-refractivity contribution in [2.45, 2.75) is 12.5 Å². The predicted octanol–water partition coefficient (Wildman–Crippen LogP) is 3.54. The van der Waals surface area contributed by atoms with Gasteiger partial charge in [0, 0.05) is 5.39 Å². The number of fused-ring (bicyclic) bond motifs is 1. The molecule has 1 atom stereocenters. The molecule has 3 heteroatoms. The summed E-state index contributed by atoms with van der Waals surface area (Å²) >= 11 is 0. The Bertz CT molecular complexity index is 722. The van der Waals surface area contributed by atoms with Gasteiger partial charge in [0.15, 0.2) is 0 Å². The van der Waals surface area contributed by atoms with E-state index in [1.54, 1.807) is 0 Å². The molecule has 1 unspecified atom stereocenters. The van der Waals surface area contributed by atoms with Crippen LogP contribution in [0.2, 0.25) is 0 Å². The van der Waals surface area contributed by atoms with Crippen LogP contribution in [0.25, 0.3) is 10.9 Å². The van der Waals surface area contributed by atoms with Gasteiger partial charge in [0.2, 0.25) is 0 Å². The van der Waals surface area contributed by atoms with Crippen LogP contribution >= 0.6 is 0 Å². The molecule has 0 amide bonds. The highest BCUT2D eigenvalue weighted by atomic mass is 15.3. The van der Waals surface area contributed by atoms with Crippen molar-refractivity contribution >= 4 is 10.9 Å².